The van der Waals surface area contributed by atoms with Crippen LogP contribution < -0.4 is 4.90 Å². The molecule has 0 N–H and O–H groups in total. The van der Waals surface area contributed by atoms with Gasteiger partial charge in [-0.3, -0.25) is 0 Å². The first kappa shape index (κ1) is 20.2. The van der Waals surface area contributed by atoms with E-state index < -0.39 is 10.2 Å². The maximum atomic E-state index is 13.4. The third-order valence-electron chi connectivity index (χ3n) is 5.57. The van der Waals surface area contributed by atoms with Gasteiger partial charge in [-0.25, -0.2) is 14.4 Å². The number of anilines is 1. The smallest absolute Gasteiger partial charge is 0.282 e. The van der Waals surface area contributed by atoms with Gasteiger partial charge in [0.25, 0.3) is 10.2 Å². The fourth-order valence-corrected chi connectivity index (χ4v) is 5.97. The van der Waals surface area contributed by atoms with E-state index in [1.807, 2.05) is 14.1 Å². The van der Waals surface area contributed by atoms with Crippen LogP contribution in [0.4, 0.5) is 10.3 Å². The van der Waals surface area contributed by atoms with E-state index in [-0.39, 0.29) is 11.9 Å². The summed E-state index contributed by atoms with van der Waals surface area (Å²) in [6, 6.07) is 5.79. The summed E-state index contributed by atoms with van der Waals surface area (Å²) in [5.74, 6) is 0.205. The van der Waals surface area contributed by atoms with E-state index in [1.165, 1.54) is 12.1 Å². The molecule has 29 heavy (non-hydrogen) atoms. The molecule has 7 nitrogen and oxygen atoms in total. The number of aromatic nitrogens is 2. The van der Waals surface area contributed by atoms with Gasteiger partial charge in [-0.15, -0.1) is 0 Å². The van der Waals surface area contributed by atoms with Crippen LogP contribution >= 0.6 is 0 Å². The van der Waals surface area contributed by atoms with Crippen LogP contribution in [-0.2, 0) is 10.2 Å². The average Bonchev–Trinajstić information content (AvgIpc) is 3.41. The molecule has 2 fully saturated rings. The molecular formula is C20H26FN5O2S. The first-order valence-electron chi connectivity index (χ1n) is 9.95. The number of halogens is 1. The van der Waals surface area contributed by atoms with Crippen molar-refractivity contribution in [3.63, 3.8) is 0 Å². The molecule has 9 heteroatoms. The highest BCUT2D eigenvalue weighted by Crippen LogP contribution is 2.39. The highest BCUT2D eigenvalue weighted by Gasteiger charge is 2.41. The normalized spacial score (nSPS) is 21.0. The topological polar surface area (TPSA) is 69.6 Å². The van der Waals surface area contributed by atoms with Gasteiger partial charge in [-0.1, -0.05) is 12.1 Å². The van der Waals surface area contributed by atoms with Crippen LogP contribution in [0.5, 0.6) is 0 Å². The van der Waals surface area contributed by atoms with Crippen LogP contribution in [-0.4, -0.2) is 60.7 Å². The van der Waals surface area contributed by atoms with Gasteiger partial charge in [-0.2, -0.15) is 17.0 Å². The summed E-state index contributed by atoms with van der Waals surface area (Å²) in [7, 11) is 0.161. The third-order valence-corrected chi connectivity index (χ3v) is 7.62. The molecule has 1 aromatic heterocycles. The predicted octanol–water partition coefficient (Wildman–Crippen LogP) is 2.83. The van der Waals surface area contributed by atoms with Gasteiger partial charge < -0.3 is 4.90 Å². The summed E-state index contributed by atoms with van der Waals surface area (Å²) in [6.45, 7) is 1.62. The molecule has 1 aromatic carbocycles. The molecule has 2 aromatic rings. The highest BCUT2D eigenvalue weighted by molar-refractivity contribution is 7.86. The summed E-state index contributed by atoms with van der Waals surface area (Å²) in [5.41, 5.74) is 2.19. The Labute approximate surface area is 171 Å². The Bertz CT molecular complexity index is 975. The lowest BCUT2D eigenvalue weighted by Gasteiger charge is -2.29. The van der Waals surface area contributed by atoms with E-state index in [2.05, 4.69) is 4.98 Å². The van der Waals surface area contributed by atoms with Gasteiger partial charge in [0.05, 0.1) is 11.7 Å². The first-order chi connectivity index (χ1) is 13.9. The zero-order valence-corrected chi connectivity index (χ0v) is 17.6. The summed E-state index contributed by atoms with van der Waals surface area (Å²) in [4.78, 5) is 11.0. The number of rotatable bonds is 5. The van der Waals surface area contributed by atoms with Crippen LogP contribution in [0.25, 0.3) is 11.1 Å². The Kier molecular flexibility index (Phi) is 5.54. The highest BCUT2D eigenvalue weighted by atomic mass is 32.2. The van der Waals surface area contributed by atoms with Crippen LogP contribution in [0.2, 0.25) is 0 Å². The van der Waals surface area contributed by atoms with Crippen molar-refractivity contribution in [3.8, 4) is 11.1 Å². The standard InChI is InChI=1S/C20H26FN5O2S/c1-24(2)20-22-14-17(15-7-9-16(21)10-8-15)19(23-20)18-6-5-13-26(18)29(27,28)25-11-3-4-12-25/h7-10,14,18H,3-6,11-13H2,1-2H3/t18-/m1/s1. The summed E-state index contributed by atoms with van der Waals surface area (Å²) in [6.07, 6.45) is 4.99. The fraction of sp³-hybridized carbons (Fsp3) is 0.500. The Morgan fingerprint density at radius 1 is 1.07 bits per heavy atom. The summed E-state index contributed by atoms with van der Waals surface area (Å²) < 4.78 is 43.2. The number of hydrogen-bond donors (Lipinski definition) is 0. The quantitative estimate of drug-likeness (QED) is 0.745. The van der Waals surface area contributed by atoms with Crippen molar-refractivity contribution in [1.82, 2.24) is 18.6 Å². The van der Waals surface area contributed by atoms with Gasteiger partial charge in [0.2, 0.25) is 5.95 Å². The van der Waals surface area contributed by atoms with E-state index >= 15 is 0 Å². The van der Waals surface area contributed by atoms with Crippen molar-refractivity contribution in [3.05, 3.63) is 42.0 Å². The second-order valence-electron chi connectivity index (χ2n) is 7.75. The predicted molar refractivity (Wildman–Crippen MR) is 110 cm³/mol. The lowest BCUT2D eigenvalue weighted by molar-refractivity contribution is 0.345. The van der Waals surface area contributed by atoms with Gasteiger partial charge >= 0.3 is 0 Å². The average molecular weight is 420 g/mol. The van der Waals surface area contributed by atoms with Gasteiger partial charge in [-0.05, 0) is 43.4 Å². The van der Waals surface area contributed by atoms with Crippen molar-refractivity contribution in [2.75, 3.05) is 38.6 Å². The first-order valence-corrected chi connectivity index (χ1v) is 11.3. The molecule has 0 unspecified atom stereocenters. The molecule has 1 atom stereocenters. The summed E-state index contributed by atoms with van der Waals surface area (Å²) in [5, 5.41) is 0. The Morgan fingerprint density at radius 2 is 1.76 bits per heavy atom. The van der Waals surface area contributed by atoms with Crippen molar-refractivity contribution in [2.45, 2.75) is 31.7 Å². The number of nitrogens with zero attached hydrogens (tertiary/aromatic N) is 5. The van der Waals surface area contributed by atoms with E-state index in [9.17, 15) is 12.8 Å². The SMILES string of the molecule is CN(C)c1ncc(-c2ccc(F)cc2)c([C@H]2CCCN2S(=O)(=O)N2CCCC2)n1. The van der Waals surface area contributed by atoms with Crippen LogP contribution in [0, 0.1) is 5.82 Å². The lowest BCUT2D eigenvalue weighted by atomic mass is 10.0. The fourth-order valence-electron chi connectivity index (χ4n) is 4.06. The number of hydrogen-bond acceptors (Lipinski definition) is 5. The molecule has 0 bridgehead atoms. The number of benzene rings is 1. The maximum Gasteiger partial charge on any atom is 0.282 e. The van der Waals surface area contributed by atoms with Gasteiger partial charge in [0.15, 0.2) is 0 Å². The van der Waals surface area contributed by atoms with E-state index in [4.69, 9.17) is 4.98 Å². The third kappa shape index (κ3) is 3.86. The van der Waals surface area contributed by atoms with Crippen LogP contribution in [0.1, 0.15) is 37.4 Å². The Hall–Kier alpha value is -2.10. The minimum absolute atomic E-state index is 0.319. The van der Waals surface area contributed by atoms with Crippen LogP contribution in [0.3, 0.4) is 0 Å². The molecule has 2 saturated heterocycles. The molecule has 0 amide bonds. The molecule has 0 radical (unpaired) electrons. The minimum atomic E-state index is -3.54. The zero-order chi connectivity index (χ0) is 20.6. The Balaban J connectivity index is 1.79. The molecule has 3 heterocycles. The zero-order valence-electron chi connectivity index (χ0n) is 16.8. The van der Waals surface area contributed by atoms with E-state index in [0.29, 0.717) is 37.7 Å². The largest absolute Gasteiger partial charge is 0.347 e. The monoisotopic (exact) mass is 419 g/mol. The molecule has 2 aliphatic rings. The second-order valence-corrected chi connectivity index (χ2v) is 9.63. The van der Waals surface area contributed by atoms with Crippen LogP contribution in [0.15, 0.2) is 30.5 Å². The maximum absolute atomic E-state index is 13.4. The summed E-state index contributed by atoms with van der Waals surface area (Å²) >= 11 is 0. The molecule has 0 spiro atoms. The van der Waals surface area contributed by atoms with Gasteiger partial charge in [0, 0.05) is 45.5 Å². The van der Waals surface area contributed by atoms with Crippen molar-refractivity contribution < 1.29 is 12.8 Å². The molecule has 0 saturated carbocycles. The minimum Gasteiger partial charge on any atom is -0.347 e. The lowest BCUT2D eigenvalue weighted by Crippen LogP contribution is -2.42. The van der Waals surface area contributed by atoms with E-state index in [1.54, 1.807) is 31.8 Å². The molecule has 156 valence electrons. The molecular weight excluding hydrogens is 393 g/mol. The second kappa shape index (κ2) is 7.97. The molecule has 4 rings (SSSR count). The van der Waals surface area contributed by atoms with E-state index in [0.717, 1.165) is 30.4 Å². The molecule has 2 aliphatic heterocycles. The van der Waals surface area contributed by atoms with Crippen molar-refractivity contribution >= 4 is 16.2 Å². The van der Waals surface area contributed by atoms with Crippen molar-refractivity contribution in [2.24, 2.45) is 0 Å². The molecule has 0 aliphatic carbocycles. The van der Waals surface area contributed by atoms with Crippen molar-refractivity contribution in [1.29, 1.82) is 0 Å². The Morgan fingerprint density at radius 3 is 2.41 bits per heavy atom. The van der Waals surface area contributed by atoms with Gasteiger partial charge in [0.1, 0.15) is 5.82 Å².